The predicted octanol–water partition coefficient (Wildman–Crippen LogP) is 2.57. The fraction of sp³-hybridized carbons (Fsp3) is 1.00. The van der Waals surface area contributed by atoms with E-state index >= 15 is 0 Å². The van der Waals surface area contributed by atoms with E-state index in [1.807, 2.05) is 0 Å². The summed E-state index contributed by atoms with van der Waals surface area (Å²) in [6.07, 6.45) is 7.09. The Morgan fingerprint density at radius 1 is 0.950 bits per heavy atom. The zero-order valence-electron chi connectivity index (χ0n) is 13.9. The molecule has 2 saturated heterocycles. The molecule has 0 aromatic rings. The molecular formula is C17H35N3. The maximum atomic E-state index is 3.65. The normalized spacial score (nSPS) is 25.2. The quantitative estimate of drug-likeness (QED) is 0.807. The van der Waals surface area contributed by atoms with Gasteiger partial charge in [-0.15, -0.1) is 0 Å². The summed E-state index contributed by atoms with van der Waals surface area (Å²) in [5.41, 5.74) is 0. The van der Waals surface area contributed by atoms with Gasteiger partial charge in [-0.3, -0.25) is 0 Å². The Bertz CT molecular complexity index is 253. The molecule has 0 saturated carbocycles. The van der Waals surface area contributed by atoms with Crippen LogP contribution in [0.5, 0.6) is 0 Å². The highest BCUT2D eigenvalue weighted by molar-refractivity contribution is 4.81. The van der Waals surface area contributed by atoms with Crippen LogP contribution in [0.25, 0.3) is 0 Å². The van der Waals surface area contributed by atoms with Crippen molar-refractivity contribution in [3.63, 3.8) is 0 Å². The van der Waals surface area contributed by atoms with Crippen LogP contribution in [0.1, 0.15) is 52.9 Å². The van der Waals surface area contributed by atoms with Crippen LogP contribution in [0.3, 0.4) is 0 Å². The Hall–Kier alpha value is -0.120. The van der Waals surface area contributed by atoms with E-state index in [0.717, 1.165) is 18.5 Å². The molecule has 20 heavy (non-hydrogen) atoms. The van der Waals surface area contributed by atoms with Gasteiger partial charge in [0.2, 0.25) is 0 Å². The van der Waals surface area contributed by atoms with E-state index in [1.54, 1.807) is 0 Å². The molecule has 0 aromatic heterocycles. The zero-order chi connectivity index (χ0) is 14.4. The van der Waals surface area contributed by atoms with Crippen LogP contribution in [-0.2, 0) is 0 Å². The van der Waals surface area contributed by atoms with Gasteiger partial charge in [0.15, 0.2) is 0 Å². The zero-order valence-corrected chi connectivity index (χ0v) is 13.9. The van der Waals surface area contributed by atoms with Crippen LogP contribution >= 0.6 is 0 Å². The summed E-state index contributed by atoms with van der Waals surface area (Å²) in [5.74, 6) is 0.736. The first-order valence-corrected chi connectivity index (χ1v) is 8.86. The van der Waals surface area contributed by atoms with Crippen molar-refractivity contribution in [1.82, 2.24) is 15.1 Å². The molecule has 118 valence electrons. The van der Waals surface area contributed by atoms with E-state index < -0.39 is 0 Å². The largest absolute Gasteiger partial charge is 0.313 e. The van der Waals surface area contributed by atoms with Gasteiger partial charge in [-0.05, 0) is 64.7 Å². The number of hydrogen-bond acceptors (Lipinski definition) is 3. The molecule has 2 rings (SSSR count). The van der Waals surface area contributed by atoms with Crippen molar-refractivity contribution in [1.29, 1.82) is 0 Å². The molecule has 0 aromatic carbocycles. The third-order valence-electron chi connectivity index (χ3n) is 5.36. The summed E-state index contributed by atoms with van der Waals surface area (Å²) in [4.78, 5) is 5.42. The Morgan fingerprint density at radius 3 is 2.20 bits per heavy atom. The lowest BCUT2D eigenvalue weighted by molar-refractivity contribution is 0.0925. The summed E-state index contributed by atoms with van der Waals surface area (Å²) in [6, 6.07) is 1.52. The molecule has 3 heteroatoms. The first-order chi connectivity index (χ1) is 9.66. The Balaban J connectivity index is 1.59. The standard InChI is InChI=1S/C17H35N3/c1-15(2)16(3)18-9-14-19-12-7-17(8-13-19)20-10-5-4-6-11-20/h15-18H,4-14H2,1-3H3. The van der Waals surface area contributed by atoms with Gasteiger partial charge in [-0.25, -0.2) is 0 Å². The van der Waals surface area contributed by atoms with Crippen LogP contribution in [-0.4, -0.2) is 61.2 Å². The highest BCUT2D eigenvalue weighted by atomic mass is 15.2. The van der Waals surface area contributed by atoms with E-state index in [9.17, 15) is 0 Å². The molecular weight excluding hydrogens is 246 g/mol. The first-order valence-electron chi connectivity index (χ1n) is 8.86. The maximum Gasteiger partial charge on any atom is 0.0120 e. The van der Waals surface area contributed by atoms with E-state index in [1.165, 1.54) is 64.8 Å². The third-order valence-corrected chi connectivity index (χ3v) is 5.36. The fourth-order valence-electron chi connectivity index (χ4n) is 3.48. The second kappa shape index (κ2) is 8.35. The molecule has 1 unspecified atom stereocenters. The van der Waals surface area contributed by atoms with Crippen LogP contribution in [0.2, 0.25) is 0 Å². The molecule has 2 aliphatic heterocycles. The minimum absolute atomic E-state index is 0.640. The van der Waals surface area contributed by atoms with Gasteiger partial charge in [0.25, 0.3) is 0 Å². The third kappa shape index (κ3) is 5.01. The smallest absolute Gasteiger partial charge is 0.0120 e. The van der Waals surface area contributed by atoms with Crippen molar-refractivity contribution in [2.45, 2.75) is 65.0 Å². The van der Waals surface area contributed by atoms with Crippen LogP contribution in [0.15, 0.2) is 0 Å². The highest BCUT2D eigenvalue weighted by Gasteiger charge is 2.25. The lowest BCUT2D eigenvalue weighted by Gasteiger charge is -2.40. The van der Waals surface area contributed by atoms with Crippen molar-refractivity contribution in [3.8, 4) is 0 Å². The van der Waals surface area contributed by atoms with Gasteiger partial charge in [-0.1, -0.05) is 20.3 Å². The number of nitrogens with zero attached hydrogens (tertiary/aromatic N) is 2. The van der Waals surface area contributed by atoms with E-state index in [-0.39, 0.29) is 0 Å². The van der Waals surface area contributed by atoms with Gasteiger partial charge in [0.1, 0.15) is 0 Å². The first kappa shape index (κ1) is 16.3. The monoisotopic (exact) mass is 281 g/mol. The van der Waals surface area contributed by atoms with Crippen LogP contribution in [0.4, 0.5) is 0 Å². The minimum atomic E-state index is 0.640. The van der Waals surface area contributed by atoms with Crippen molar-refractivity contribution >= 4 is 0 Å². The average Bonchev–Trinajstić information content (AvgIpc) is 2.48. The summed E-state index contributed by atoms with van der Waals surface area (Å²) in [7, 11) is 0. The van der Waals surface area contributed by atoms with Gasteiger partial charge in [-0.2, -0.15) is 0 Å². The second-order valence-electron chi connectivity index (χ2n) is 7.16. The molecule has 0 bridgehead atoms. The van der Waals surface area contributed by atoms with E-state index in [2.05, 4.69) is 35.9 Å². The molecule has 1 atom stereocenters. The van der Waals surface area contributed by atoms with Crippen molar-refractivity contribution in [2.24, 2.45) is 5.92 Å². The van der Waals surface area contributed by atoms with Gasteiger partial charge in [0, 0.05) is 25.2 Å². The minimum Gasteiger partial charge on any atom is -0.313 e. The van der Waals surface area contributed by atoms with Crippen LogP contribution in [0, 0.1) is 5.92 Å². The summed E-state index contributed by atoms with van der Waals surface area (Å²) < 4.78 is 0. The van der Waals surface area contributed by atoms with Crippen molar-refractivity contribution in [2.75, 3.05) is 39.3 Å². The van der Waals surface area contributed by atoms with Gasteiger partial charge >= 0.3 is 0 Å². The molecule has 2 aliphatic rings. The van der Waals surface area contributed by atoms with Crippen molar-refractivity contribution in [3.05, 3.63) is 0 Å². The lowest BCUT2D eigenvalue weighted by atomic mass is 10.00. The van der Waals surface area contributed by atoms with Gasteiger partial charge < -0.3 is 15.1 Å². The predicted molar refractivity (Wildman–Crippen MR) is 87.2 cm³/mol. The molecule has 0 amide bonds. The fourth-order valence-corrected chi connectivity index (χ4v) is 3.48. The van der Waals surface area contributed by atoms with E-state index in [0.29, 0.717) is 6.04 Å². The number of hydrogen-bond donors (Lipinski definition) is 1. The molecule has 3 nitrogen and oxygen atoms in total. The molecule has 1 N–H and O–H groups in total. The number of likely N-dealkylation sites (tertiary alicyclic amines) is 2. The Morgan fingerprint density at radius 2 is 1.60 bits per heavy atom. The molecule has 0 radical (unpaired) electrons. The summed E-state index contributed by atoms with van der Waals surface area (Å²) in [6.45, 7) is 14.6. The summed E-state index contributed by atoms with van der Waals surface area (Å²) >= 11 is 0. The molecule has 2 heterocycles. The topological polar surface area (TPSA) is 18.5 Å². The maximum absolute atomic E-state index is 3.65. The Labute approximate surface area is 126 Å². The van der Waals surface area contributed by atoms with Crippen LogP contribution < -0.4 is 5.32 Å². The number of nitrogens with one attached hydrogen (secondary N) is 1. The lowest BCUT2D eigenvalue weighted by Crippen LogP contribution is -2.48. The second-order valence-corrected chi connectivity index (χ2v) is 7.16. The Kier molecular flexibility index (Phi) is 6.79. The molecule has 0 aliphatic carbocycles. The van der Waals surface area contributed by atoms with E-state index in [4.69, 9.17) is 0 Å². The van der Waals surface area contributed by atoms with Gasteiger partial charge in [0.05, 0.1) is 0 Å². The summed E-state index contributed by atoms with van der Waals surface area (Å²) in [5, 5.41) is 3.65. The average molecular weight is 281 g/mol. The highest BCUT2D eigenvalue weighted by Crippen LogP contribution is 2.20. The SMILES string of the molecule is CC(C)C(C)NCCN1CCC(N2CCCCC2)CC1. The molecule has 2 fully saturated rings. The number of rotatable bonds is 6. The van der Waals surface area contributed by atoms with Crippen molar-refractivity contribution < 1.29 is 0 Å². The number of piperidine rings is 2. The molecule has 0 spiro atoms.